The molecule has 0 heterocycles. The minimum absolute atomic E-state index is 0. The van der Waals surface area contributed by atoms with Gasteiger partial charge in [-0.25, -0.2) is 8.42 Å². The van der Waals surface area contributed by atoms with Crippen molar-refractivity contribution in [2.24, 2.45) is 5.73 Å². The summed E-state index contributed by atoms with van der Waals surface area (Å²) < 4.78 is 32.6. The summed E-state index contributed by atoms with van der Waals surface area (Å²) in [4.78, 5) is 10.9. The van der Waals surface area contributed by atoms with Gasteiger partial charge in [0, 0.05) is 0 Å². The zero-order chi connectivity index (χ0) is 18.3. The molecule has 0 saturated carbocycles. The second kappa shape index (κ2) is 17.5. The van der Waals surface area contributed by atoms with E-state index in [1.54, 1.807) is 0 Å². The molecule has 0 aliphatic carbocycles. The van der Waals surface area contributed by atoms with Crippen LogP contribution in [-0.2, 0) is 14.9 Å². The third-order valence-electron chi connectivity index (χ3n) is 4.14. The van der Waals surface area contributed by atoms with Crippen LogP contribution in [-0.4, -0.2) is 24.1 Å². The molecule has 0 spiro atoms. The van der Waals surface area contributed by atoms with Crippen LogP contribution in [0.5, 0.6) is 0 Å². The van der Waals surface area contributed by atoms with E-state index in [9.17, 15) is 17.8 Å². The quantitative estimate of drug-likeness (QED) is 0.186. The molecule has 1 amide bonds. The summed E-state index contributed by atoms with van der Waals surface area (Å²) in [6.07, 6.45) is 17.9. The molecule has 7 heteroatoms. The molecule has 0 fully saturated rings. The van der Waals surface area contributed by atoms with Crippen LogP contribution in [0.25, 0.3) is 0 Å². The van der Waals surface area contributed by atoms with Gasteiger partial charge in [-0.1, -0.05) is 70.4 Å². The summed E-state index contributed by atoms with van der Waals surface area (Å²) in [5, 5.41) is -1.57. The first-order valence-electron chi connectivity index (χ1n) is 9.28. The Bertz CT molecular complexity index is 452. The number of hydrogen-bond donors (Lipinski definition) is 1. The number of nitrogens with two attached hydrogens (primary N) is 1. The summed E-state index contributed by atoms with van der Waals surface area (Å²) >= 11 is 0. The van der Waals surface area contributed by atoms with E-state index in [0.29, 0.717) is 6.42 Å². The fraction of sp³-hybridized carbons (Fsp3) is 0.833. The average molecular weight is 384 g/mol. The molecule has 0 aromatic carbocycles. The van der Waals surface area contributed by atoms with Crippen LogP contribution in [0, 0.1) is 0 Å². The van der Waals surface area contributed by atoms with Crippen molar-refractivity contribution < 1.29 is 47.3 Å². The fourth-order valence-electron chi connectivity index (χ4n) is 2.65. The zero-order valence-electron chi connectivity index (χ0n) is 16.0. The Labute approximate surface area is 176 Å². The van der Waals surface area contributed by atoms with Crippen molar-refractivity contribution >= 4 is 16.0 Å². The van der Waals surface area contributed by atoms with Crippen molar-refractivity contribution in [1.82, 2.24) is 0 Å². The smallest absolute Gasteiger partial charge is 0.747 e. The molecule has 1 atom stereocenters. The van der Waals surface area contributed by atoms with E-state index < -0.39 is 21.3 Å². The maximum Gasteiger partial charge on any atom is 1.00 e. The molecule has 0 saturated heterocycles. The maximum absolute atomic E-state index is 10.9. The van der Waals surface area contributed by atoms with Gasteiger partial charge in [-0.2, -0.15) is 0 Å². The maximum atomic E-state index is 10.9. The van der Waals surface area contributed by atoms with E-state index >= 15 is 0 Å². The minimum Gasteiger partial charge on any atom is -0.747 e. The Morgan fingerprint density at radius 1 is 0.920 bits per heavy atom. The van der Waals surface area contributed by atoms with E-state index in [0.717, 1.165) is 32.1 Å². The number of rotatable bonds is 16. The van der Waals surface area contributed by atoms with Gasteiger partial charge in [0.25, 0.3) is 0 Å². The first-order chi connectivity index (χ1) is 11.4. The number of amides is 1. The minimum atomic E-state index is -4.62. The van der Waals surface area contributed by atoms with Crippen LogP contribution < -0.4 is 35.3 Å². The van der Waals surface area contributed by atoms with Crippen molar-refractivity contribution in [3.05, 3.63) is 12.2 Å². The third-order valence-corrected chi connectivity index (χ3v) is 5.31. The van der Waals surface area contributed by atoms with E-state index in [1.807, 2.05) is 0 Å². The first kappa shape index (κ1) is 27.3. The van der Waals surface area contributed by atoms with Gasteiger partial charge < -0.3 is 10.3 Å². The van der Waals surface area contributed by atoms with Crippen LogP contribution >= 0.6 is 0 Å². The van der Waals surface area contributed by atoms with Gasteiger partial charge in [-0.15, -0.1) is 0 Å². The summed E-state index contributed by atoms with van der Waals surface area (Å²) in [6, 6.07) is 0. The number of primary amides is 1. The predicted octanol–water partition coefficient (Wildman–Crippen LogP) is 1.04. The number of carbonyl (C=O) groups excluding carboxylic acids is 1. The van der Waals surface area contributed by atoms with Gasteiger partial charge >= 0.3 is 29.6 Å². The van der Waals surface area contributed by atoms with Crippen molar-refractivity contribution in [1.29, 1.82) is 0 Å². The van der Waals surface area contributed by atoms with Gasteiger partial charge in [-0.3, -0.25) is 4.79 Å². The SMILES string of the molecule is CCCCCCCC/C=C\CCCCCCC(C(N)=O)S(=O)(=O)[O-].[Na+]. The van der Waals surface area contributed by atoms with Crippen molar-refractivity contribution in [2.45, 2.75) is 95.6 Å². The normalized spacial score (nSPS) is 12.9. The molecular formula is C18H34NNaO4S. The van der Waals surface area contributed by atoms with Crippen LogP contribution in [0.1, 0.15) is 90.4 Å². The van der Waals surface area contributed by atoms with E-state index in [2.05, 4.69) is 19.1 Å². The van der Waals surface area contributed by atoms with Gasteiger partial charge in [0.2, 0.25) is 5.91 Å². The molecule has 0 rings (SSSR count). The topological polar surface area (TPSA) is 100 Å². The molecule has 0 radical (unpaired) electrons. The molecule has 0 aromatic rings. The largest absolute Gasteiger partial charge is 1.00 e. The number of hydrogen-bond acceptors (Lipinski definition) is 4. The fourth-order valence-corrected chi connectivity index (χ4v) is 3.39. The van der Waals surface area contributed by atoms with Crippen LogP contribution in [0.4, 0.5) is 0 Å². The van der Waals surface area contributed by atoms with Gasteiger partial charge in [0.05, 0.1) is 0 Å². The second-order valence-corrected chi connectivity index (χ2v) is 7.96. The van der Waals surface area contributed by atoms with Crippen LogP contribution in [0.3, 0.4) is 0 Å². The molecule has 0 aliphatic rings. The van der Waals surface area contributed by atoms with Crippen molar-refractivity contribution in [3.63, 3.8) is 0 Å². The molecule has 1 unspecified atom stereocenters. The molecule has 25 heavy (non-hydrogen) atoms. The Morgan fingerprint density at radius 3 is 1.80 bits per heavy atom. The summed E-state index contributed by atoms with van der Waals surface area (Å²) in [7, 11) is -4.62. The van der Waals surface area contributed by atoms with Crippen molar-refractivity contribution in [2.75, 3.05) is 0 Å². The predicted molar refractivity (Wildman–Crippen MR) is 97.5 cm³/mol. The molecule has 0 aliphatic heterocycles. The van der Waals surface area contributed by atoms with Gasteiger partial charge in [-0.05, 0) is 32.1 Å². The third kappa shape index (κ3) is 17.3. The Kier molecular flexibility index (Phi) is 19.2. The molecule has 5 nitrogen and oxygen atoms in total. The van der Waals surface area contributed by atoms with E-state index in [1.165, 1.54) is 38.5 Å². The second-order valence-electron chi connectivity index (χ2n) is 6.40. The molecule has 0 bridgehead atoms. The molecule has 2 N–H and O–H groups in total. The van der Waals surface area contributed by atoms with Crippen LogP contribution in [0.15, 0.2) is 12.2 Å². The number of allylic oxidation sites excluding steroid dienone is 2. The van der Waals surface area contributed by atoms with Crippen LogP contribution in [0.2, 0.25) is 0 Å². The summed E-state index contributed by atoms with van der Waals surface area (Å²) in [5.41, 5.74) is 4.95. The standard InChI is InChI=1S/C18H35NO4S.Na/c1-2-3-4-5-6-7-8-9-10-11-12-13-14-15-16-17(18(19)20)24(21,22)23;/h9-10,17H,2-8,11-16H2,1H3,(H2,19,20)(H,21,22,23);/q;+1/p-1/b10-9-;. The Balaban J connectivity index is 0. The first-order valence-corrected chi connectivity index (χ1v) is 10.8. The Hall–Kier alpha value is 0.120. The van der Waals surface area contributed by atoms with Gasteiger partial charge in [0.1, 0.15) is 15.4 Å². The molecule has 142 valence electrons. The monoisotopic (exact) mass is 383 g/mol. The molecular weight excluding hydrogens is 349 g/mol. The van der Waals surface area contributed by atoms with Crippen molar-refractivity contribution in [3.8, 4) is 0 Å². The van der Waals surface area contributed by atoms with E-state index in [4.69, 9.17) is 5.73 Å². The van der Waals surface area contributed by atoms with E-state index in [-0.39, 0.29) is 36.0 Å². The summed E-state index contributed by atoms with van der Waals surface area (Å²) in [5.74, 6) is -1.04. The zero-order valence-corrected chi connectivity index (χ0v) is 18.9. The number of unbranched alkanes of at least 4 members (excludes halogenated alkanes) is 10. The molecule has 0 aromatic heterocycles. The number of carbonyl (C=O) groups is 1. The van der Waals surface area contributed by atoms with Gasteiger partial charge in [0.15, 0.2) is 0 Å². The Morgan fingerprint density at radius 2 is 1.36 bits per heavy atom. The summed E-state index contributed by atoms with van der Waals surface area (Å²) in [6.45, 7) is 2.23. The average Bonchev–Trinajstić information content (AvgIpc) is 2.49.